The number of benzene rings is 2. The minimum Gasteiger partial charge on any atom is -0.388 e. The van der Waals surface area contributed by atoms with Crippen LogP contribution in [0.4, 0.5) is 0 Å². The molecule has 0 amide bonds. The normalized spacial score (nSPS) is 11.9. The van der Waals surface area contributed by atoms with Gasteiger partial charge in [0.15, 0.2) is 5.70 Å². The van der Waals surface area contributed by atoms with Crippen LogP contribution in [0.15, 0.2) is 58.9 Å². The lowest BCUT2D eigenvalue weighted by Crippen LogP contribution is -1.97. The van der Waals surface area contributed by atoms with Gasteiger partial charge in [-0.3, -0.25) is 0 Å². The molecule has 4 heteroatoms. The standard InChI is InChI=1S/C15H10N4/c16-8-14(18)15(9-17)19-10-12-6-3-5-11-4-1-2-7-13(11)12/h1-7,10H,18H2/b15-14-,19-10?. The van der Waals surface area contributed by atoms with Crippen LogP contribution < -0.4 is 5.73 Å². The molecule has 0 heterocycles. The van der Waals surface area contributed by atoms with Crippen molar-refractivity contribution in [1.29, 1.82) is 10.5 Å². The molecule has 0 aromatic heterocycles. The lowest BCUT2D eigenvalue weighted by Gasteiger charge is -2.00. The second-order valence-corrected chi connectivity index (χ2v) is 3.81. The molecular weight excluding hydrogens is 236 g/mol. The summed E-state index contributed by atoms with van der Waals surface area (Å²) in [6.45, 7) is 0. The summed E-state index contributed by atoms with van der Waals surface area (Å²) in [5, 5.41) is 19.6. The zero-order valence-corrected chi connectivity index (χ0v) is 10.0. The molecule has 0 unspecified atom stereocenters. The highest BCUT2D eigenvalue weighted by atomic mass is 14.8. The Morgan fingerprint density at radius 3 is 2.53 bits per heavy atom. The summed E-state index contributed by atoms with van der Waals surface area (Å²) in [6, 6.07) is 17.2. The van der Waals surface area contributed by atoms with Crippen LogP contribution in [-0.4, -0.2) is 6.21 Å². The van der Waals surface area contributed by atoms with E-state index in [1.807, 2.05) is 42.5 Å². The number of allylic oxidation sites excluding steroid dienone is 2. The Balaban J connectivity index is 2.49. The van der Waals surface area contributed by atoms with Gasteiger partial charge in [0.05, 0.1) is 0 Å². The van der Waals surface area contributed by atoms with Crippen LogP contribution in [0.3, 0.4) is 0 Å². The first kappa shape index (κ1) is 12.3. The molecule has 2 aromatic rings. The van der Waals surface area contributed by atoms with Crippen LogP contribution in [0.2, 0.25) is 0 Å². The van der Waals surface area contributed by atoms with Gasteiger partial charge in [0.2, 0.25) is 0 Å². The molecule has 0 aliphatic heterocycles. The molecule has 0 bridgehead atoms. The molecule has 2 rings (SSSR count). The Labute approximate surface area is 110 Å². The summed E-state index contributed by atoms with van der Waals surface area (Å²) in [4.78, 5) is 3.98. The molecule has 0 spiro atoms. The highest BCUT2D eigenvalue weighted by molar-refractivity contribution is 6.00. The lowest BCUT2D eigenvalue weighted by molar-refractivity contribution is 1.27. The van der Waals surface area contributed by atoms with E-state index >= 15 is 0 Å². The van der Waals surface area contributed by atoms with Gasteiger partial charge in [-0.05, 0) is 10.8 Å². The first-order valence-corrected chi connectivity index (χ1v) is 5.58. The Hall–Kier alpha value is -3.11. The number of aliphatic imine (C=N–C) groups is 1. The van der Waals surface area contributed by atoms with Gasteiger partial charge < -0.3 is 5.73 Å². The molecule has 0 aliphatic rings. The van der Waals surface area contributed by atoms with E-state index in [9.17, 15) is 0 Å². The predicted octanol–water partition coefficient (Wildman–Crippen LogP) is 2.48. The average molecular weight is 246 g/mol. The van der Waals surface area contributed by atoms with Crippen LogP contribution in [0, 0.1) is 22.7 Å². The third-order valence-electron chi connectivity index (χ3n) is 2.64. The van der Waals surface area contributed by atoms with Gasteiger partial charge in [0.1, 0.15) is 17.8 Å². The first-order chi connectivity index (χ1) is 9.26. The van der Waals surface area contributed by atoms with Gasteiger partial charge in [-0.15, -0.1) is 0 Å². The Morgan fingerprint density at radius 2 is 1.79 bits per heavy atom. The van der Waals surface area contributed by atoms with Gasteiger partial charge in [-0.25, -0.2) is 4.99 Å². The second kappa shape index (κ2) is 5.48. The summed E-state index contributed by atoms with van der Waals surface area (Å²) < 4.78 is 0. The number of nitrogens with zero attached hydrogens (tertiary/aromatic N) is 3. The Kier molecular flexibility index (Phi) is 3.56. The highest BCUT2D eigenvalue weighted by Gasteiger charge is 2.00. The molecule has 90 valence electrons. The fourth-order valence-electron chi connectivity index (χ4n) is 1.71. The van der Waals surface area contributed by atoms with E-state index in [4.69, 9.17) is 16.3 Å². The van der Waals surface area contributed by atoms with Gasteiger partial charge in [-0.1, -0.05) is 42.5 Å². The van der Waals surface area contributed by atoms with E-state index in [0.717, 1.165) is 16.3 Å². The van der Waals surface area contributed by atoms with Crippen molar-refractivity contribution in [2.24, 2.45) is 10.7 Å². The van der Waals surface area contributed by atoms with Crippen LogP contribution in [0.25, 0.3) is 10.8 Å². The maximum Gasteiger partial charge on any atom is 0.174 e. The molecule has 0 fully saturated rings. The van der Waals surface area contributed by atoms with E-state index in [0.29, 0.717) is 0 Å². The van der Waals surface area contributed by atoms with Crippen molar-refractivity contribution in [2.45, 2.75) is 0 Å². The van der Waals surface area contributed by atoms with E-state index < -0.39 is 0 Å². The van der Waals surface area contributed by atoms with Crippen LogP contribution in [-0.2, 0) is 0 Å². The van der Waals surface area contributed by atoms with Crippen molar-refractivity contribution in [3.8, 4) is 12.1 Å². The first-order valence-electron chi connectivity index (χ1n) is 5.58. The Morgan fingerprint density at radius 1 is 1.05 bits per heavy atom. The number of fused-ring (bicyclic) bond motifs is 1. The number of rotatable bonds is 2. The minimum atomic E-state index is -0.181. The van der Waals surface area contributed by atoms with Gasteiger partial charge in [0, 0.05) is 11.8 Å². The van der Waals surface area contributed by atoms with Crippen molar-refractivity contribution < 1.29 is 0 Å². The SMILES string of the molecule is N#C/C(N)=C(\C#N)N=Cc1cccc2ccccc12. The summed E-state index contributed by atoms with van der Waals surface area (Å²) >= 11 is 0. The molecule has 4 nitrogen and oxygen atoms in total. The maximum absolute atomic E-state index is 8.87. The van der Waals surface area contributed by atoms with E-state index in [1.165, 1.54) is 0 Å². The molecule has 19 heavy (non-hydrogen) atoms. The minimum absolute atomic E-state index is 0.0737. The maximum atomic E-state index is 8.87. The average Bonchev–Trinajstić information content (AvgIpc) is 2.47. The number of nitrogens with two attached hydrogens (primary N) is 1. The number of nitriles is 2. The van der Waals surface area contributed by atoms with E-state index in [-0.39, 0.29) is 11.4 Å². The van der Waals surface area contributed by atoms with Gasteiger partial charge in [-0.2, -0.15) is 10.5 Å². The van der Waals surface area contributed by atoms with Crippen LogP contribution >= 0.6 is 0 Å². The topological polar surface area (TPSA) is 86.0 Å². The molecule has 2 aromatic carbocycles. The van der Waals surface area contributed by atoms with E-state index in [2.05, 4.69) is 4.99 Å². The zero-order valence-electron chi connectivity index (χ0n) is 10.0. The lowest BCUT2D eigenvalue weighted by atomic mass is 10.1. The van der Waals surface area contributed by atoms with Crippen LogP contribution in [0.1, 0.15) is 5.56 Å². The van der Waals surface area contributed by atoms with Crippen molar-refractivity contribution in [3.05, 3.63) is 59.4 Å². The second-order valence-electron chi connectivity index (χ2n) is 3.81. The fraction of sp³-hybridized carbons (Fsp3) is 0. The molecule has 0 aliphatic carbocycles. The molecule has 0 saturated heterocycles. The predicted molar refractivity (Wildman–Crippen MR) is 74.0 cm³/mol. The summed E-state index contributed by atoms with van der Waals surface area (Å²) in [5.41, 5.74) is 6.00. The molecule has 0 saturated carbocycles. The number of hydrogen-bond donors (Lipinski definition) is 1. The Bertz CT molecular complexity index is 752. The highest BCUT2D eigenvalue weighted by Crippen LogP contribution is 2.17. The van der Waals surface area contributed by atoms with Gasteiger partial charge >= 0.3 is 0 Å². The largest absolute Gasteiger partial charge is 0.388 e. The van der Waals surface area contributed by atoms with Crippen molar-refractivity contribution in [2.75, 3.05) is 0 Å². The van der Waals surface area contributed by atoms with Crippen molar-refractivity contribution >= 4 is 17.0 Å². The fourth-order valence-corrected chi connectivity index (χ4v) is 1.71. The van der Waals surface area contributed by atoms with Crippen LogP contribution in [0.5, 0.6) is 0 Å². The van der Waals surface area contributed by atoms with Crippen molar-refractivity contribution in [1.82, 2.24) is 0 Å². The summed E-state index contributed by atoms with van der Waals surface area (Å²) in [5.74, 6) is 0. The third-order valence-corrected chi connectivity index (χ3v) is 2.64. The summed E-state index contributed by atoms with van der Waals surface area (Å²) in [6.07, 6.45) is 1.55. The van der Waals surface area contributed by atoms with Gasteiger partial charge in [0.25, 0.3) is 0 Å². The third kappa shape index (κ3) is 2.59. The molecule has 2 N–H and O–H groups in total. The smallest absolute Gasteiger partial charge is 0.174 e. The summed E-state index contributed by atoms with van der Waals surface area (Å²) in [7, 11) is 0. The molecule has 0 radical (unpaired) electrons. The quantitative estimate of drug-likeness (QED) is 0.652. The van der Waals surface area contributed by atoms with E-state index in [1.54, 1.807) is 18.4 Å². The molecular formula is C15H10N4. The van der Waals surface area contributed by atoms with Crippen molar-refractivity contribution in [3.63, 3.8) is 0 Å². The molecule has 0 atom stereocenters. The monoisotopic (exact) mass is 246 g/mol. The zero-order chi connectivity index (χ0) is 13.7. The number of hydrogen-bond acceptors (Lipinski definition) is 4.